The molecule has 0 radical (unpaired) electrons. The molecule has 0 saturated carbocycles. The fourth-order valence-electron chi connectivity index (χ4n) is 2.14. The van der Waals surface area contributed by atoms with E-state index >= 15 is 0 Å². The first kappa shape index (κ1) is 16.9. The van der Waals surface area contributed by atoms with Gasteiger partial charge >= 0.3 is 6.09 Å². The molecule has 1 heterocycles. The van der Waals surface area contributed by atoms with Crippen LogP contribution in [0.25, 0.3) is 20.8 Å². The van der Waals surface area contributed by atoms with Crippen molar-refractivity contribution in [1.29, 1.82) is 0 Å². The van der Waals surface area contributed by atoms with E-state index in [4.69, 9.17) is 4.74 Å². The lowest BCUT2D eigenvalue weighted by atomic mass is 10.2. The van der Waals surface area contributed by atoms with Gasteiger partial charge in [0.2, 0.25) is 0 Å². The van der Waals surface area contributed by atoms with Crippen LogP contribution in [-0.2, 0) is 4.74 Å². The van der Waals surface area contributed by atoms with Crippen molar-refractivity contribution in [3.63, 3.8) is 0 Å². The van der Waals surface area contributed by atoms with Gasteiger partial charge < -0.3 is 4.74 Å². The maximum Gasteiger partial charge on any atom is 0.412 e. The average molecular weight is 405 g/mol. The molecule has 0 aliphatic rings. The number of amides is 1. The summed E-state index contributed by atoms with van der Waals surface area (Å²) >= 11 is 5.11. The van der Waals surface area contributed by atoms with Gasteiger partial charge in [0.05, 0.1) is 10.2 Å². The normalized spacial score (nSPS) is 11.5. The molecule has 1 amide bonds. The van der Waals surface area contributed by atoms with E-state index in [0.717, 1.165) is 25.3 Å². The molecule has 0 fully saturated rings. The predicted octanol–water partition coefficient (Wildman–Crippen LogP) is 6.07. The quantitative estimate of drug-likeness (QED) is 0.563. The number of thiazole rings is 1. The number of fused-ring (bicyclic) bond motifs is 1. The molecule has 0 atom stereocenters. The van der Waals surface area contributed by atoms with Crippen LogP contribution in [0.3, 0.4) is 0 Å². The molecule has 3 aromatic rings. The van der Waals surface area contributed by atoms with E-state index in [1.54, 1.807) is 11.3 Å². The van der Waals surface area contributed by atoms with E-state index in [0.29, 0.717) is 5.69 Å². The molecule has 0 aliphatic carbocycles. The summed E-state index contributed by atoms with van der Waals surface area (Å²) in [6.07, 6.45) is -0.458. The second-order valence-electron chi connectivity index (χ2n) is 6.34. The standard InChI is InChI=1S/C18H17BrN2O2S/c1-18(2,3)23-17(22)20-13-7-4-11(5-8-13)16-21-14-10-12(19)6-9-15(14)24-16/h4-10H,1-3H3,(H,20,22). The highest BCUT2D eigenvalue weighted by atomic mass is 79.9. The second kappa shape index (κ2) is 6.53. The van der Waals surface area contributed by atoms with Crippen LogP contribution >= 0.6 is 27.3 Å². The Labute approximate surface area is 153 Å². The molecular formula is C18H17BrN2O2S. The van der Waals surface area contributed by atoms with Gasteiger partial charge in [0.15, 0.2) is 0 Å². The Morgan fingerprint density at radius 2 is 1.88 bits per heavy atom. The van der Waals surface area contributed by atoms with Gasteiger partial charge in [-0.05, 0) is 63.2 Å². The largest absolute Gasteiger partial charge is 0.444 e. The summed E-state index contributed by atoms with van der Waals surface area (Å²) < 4.78 is 7.40. The third-order valence-electron chi connectivity index (χ3n) is 3.13. The summed E-state index contributed by atoms with van der Waals surface area (Å²) in [6, 6.07) is 13.7. The molecule has 2 aromatic carbocycles. The second-order valence-corrected chi connectivity index (χ2v) is 8.28. The number of carbonyl (C=O) groups excluding carboxylic acids is 1. The van der Waals surface area contributed by atoms with Crippen molar-refractivity contribution in [2.75, 3.05) is 5.32 Å². The zero-order valence-corrected chi connectivity index (χ0v) is 16.0. The first-order valence-corrected chi connectivity index (χ1v) is 9.08. The van der Waals surface area contributed by atoms with Crippen LogP contribution in [0.5, 0.6) is 0 Å². The van der Waals surface area contributed by atoms with Crippen molar-refractivity contribution < 1.29 is 9.53 Å². The number of nitrogens with zero attached hydrogens (tertiary/aromatic N) is 1. The van der Waals surface area contributed by atoms with Gasteiger partial charge in [-0.15, -0.1) is 11.3 Å². The minimum atomic E-state index is -0.515. The molecular weight excluding hydrogens is 388 g/mol. The number of rotatable bonds is 2. The molecule has 0 bridgehead atoms. The van der Waals surface area contributed by atoms with Gasteiger partial charge in [-0.3, -0.25) is 5.32 Å². The lowest BCUT2D eigenvalue weighted by Gasteiger charge is -2.19. The van der Waals surface area contributed by atoms with Crippen LogP contribution < -0.4 is 5.32 Å². The molecule has 124 valence electrons. The zero-order chi connectivity index (χ0) is 17.3. The average Bonchev–Trinajstić information content (AvgIpc) is 2.89. The minimum absolute atomic E-state index is 0.458. The monoisotopic (exact) mass is 404 g/mol. The number of aromatic nitrogens is 1. The van der Waals surface area contributed by atoms with Crippen LogP contribution in [-0.4, -0.2) is 16.7 Å². The molecule has 6 heteroatoms. The van der Waals surface area contributed by atoms with Gasteiger partial charge in [-0.25, -0.2) is 9.78 Å². The molecule has 0 saturated heterocycles. The first-order chi connectivity index (χ1) is 11.3. The molecule has 0 aliphatic heterocycles. The van der Waals surface area contributed by atoms with Crippen molar-refractivity contribution in [2.45, 2.75) is 26.4 Å². The SMILES string of the molecule is CC(C)(C)OC(=O)Nc1ccc(-c2nc3cc(Br)ccc3s2)cc1. The highest BCUT2D eigenvalue weighted by molar-refractivity contribution is 9.10. The molecule has 0 spiro atoms. The third-order valence-corrected chi connectivity index (χ3v) is 4.71. The summed E-state index contributed by atoms with van der Waals surface area (Å²) in [5.41, 5.74) is 2.17. The minimum Gasteiger partial charge on any atom is -0.444 e. The molecule has 0 unspecified atom stereocenters. The summed E-state index contributed by atoms with van der Waals surface area (Å²) in [5, 5.41) is 3.68. The summed E-state index contributed by atoms with van der Waals surface area (Å²) in [4.78, 5) is 16.4. The number of benzene rings is 2. The van der Waals surface area contributed by atoms with Gasteiger partial charge in [-0.2, -0.15) is 0 Å². The number of ether oxygens (including phenoxy) is 1. The van der Waals surface area contributed by atoms with E-state index in [2.05, 4.69) is 32.3 Å². The zero-order valence-electron chi connectivity index (χ0n) is 13.6. The number of hydrogen-bond acceptors (Lipinski definition) is 4. The highest BCUT2D eigenvalue weighted by Crippen LogP contribution is 2.32. The van der Waals surface area contributed by atoms with E-state index in [-0.39, 0.29) is 0 Å². The number of hydrogen-bond donors (Lipinski definition) is 1. The molecule has 24 heavy (non-hydrogen) atoms. The number of anilines is 1. The molecule has 3 rings (SSSR count). The van der Waals surface area contributed by atoms with Crippen molar-refractivity contribution >= 4 is 49.3 Å². The van der Waals surface area contributed by atoms with Gasteiger partial charge in [-0.1, -0.05) is 15.9 Å². The van der Waals surface area contributed by atoms with Crippen molar-refractivity contribution in [3.05, 3.63) is 46.9 Å². The van der Waals surface area contributed by atoms with Crippen LogP contribution in [0.4, 0.5) is 10.5 Å². The van der Waals surface area contributed by atoms with E-state index in [1.807, 2.05) is 57.2 Å². The maximum absolute atomic E-state index is 11.8. The third kappa shape index (κ3) is 4.13. The van der Waals surface area contributed by atoms with Gasteiger partial charge in [0, 0.05) is 15.7 Å². The number of carbonyl (C=O) groups is 1. The Kier molecular flexibility index (Phi) is 4.60. The van der Waals surface area contributed by atoms with Crippen molar-refractivity contribution in [2.24, 2.45) is 0 Å². The van der Waals surface area contributed by atoms with Gasteiger partial charge in [0.1, 0.15) is 10.6 Å². The molecule has 1 aromatic heterocycles. The summed E-state index contributed by atoms with van der Waals surface area (Å²) in [6.45, 7) is 5.50. The summed E-state index contributed by atoms with van der Waals surface area (Å²) in [7, 11) is 0. The Morgan fingerprint density at radius 1 is 1.17 bits per heavy atom. The van der Waals surface area contributed by atoms with Crippen molar-refractivity contribution in [1.82, 2.24) is 4.98 Å². The van der Waals surface area contributed by atoms with Crippen LogP contribution in [0.1, 0.15) is 20.8 Å². The van der Waals surface area contributed by atoms with E-state index in [1.165, 1.54) is 0 Å². The predicted molar refractivity (Wildman–Crippen MR) is 103 cm³/mol. The number of nitrogens with one attached hydrogen (secondary N) is 1. The Morgan fingerprint density at radius 3 is 2.54 bits per heavy atom. The highest BCUT2D eigenvalue weighted by Gasteiger charge is 2.16. The maximum atomic E-state index is 11.8. The lowest BCUT2D eigenvalue weighted by molar-refractivity contribution is 0.0636. The Bertz CT molecular complexity index is 882. The van der Waals surface area contributed by atoms with E-state index < -0.39 is 11.7 Å². The topological polar surface area (TPSA) is 51.2 Å². The van der Waals surface area contributed by atoms with E-state index in [9.17, 15) is 4.79 Å². The smallest absolute Gasteiger partial charge is 0.412 e. The fourth-order valence-corrected chi connectivity index (χ4v) is 3.44. The van der Waals surface area contributed by atoms with Crippen molar-refractivity contribution in [3.8, 4) is 10.6 Å². The molecule has 1 N–H and O–H groups in total. The fraction of sp³-hybridized carbons (Fsp3) is 0.222. The lowest BCUT2D eigenvalue weighted by Crippen LogP contribution is -2.27. The van der Waals surface area contributed by atoms with Gasteiger partial charge in [0.25, 0.3) is 0 Å². The van der Waals surface area contributed by atoms with Crippen LogP contribution in [0, 0.1) is 0 Å². The Hall–Kier alpha value is -1.92. The van der Waals surface area contributed by atoms with Crippen LogP contribution in [0.15, 0.2) is 46.9 Å². The Balaban J connectivity index is 1.77. The molecule has 4 nitrogen and oxygen atoms in total. The summed E-state index contributed by atoms with van der Waals surface area (Å²) in [5.74, 6) is 0. The van der Waals surface area contributed by atoms with Crippen LogP contribution in [0.2, 0.25) is 0 Å². The number of halogens is 1. The first-order valence-electron chi connectivity index (χ1n) is 7.47.